The Morgan fingerprint density at radius 3 is 2.44 bits per heavy atom. The molecule has 1 aromatic heterocycles. The van der Waals surface area contributed by atoms with Crippen LogP contribution < -0.4 is 25.4 Å². The molecule has 0 bridgehead atoms. The first-order valence-electron chi connectivity index (χ1n) is 13.1. The summed E-state index contributed by atoms with van der Waals surface area (Å²) in [4.78, 5) is 9.24. The number of hydrogen-bond donors (Lipinski definition) is 3. The van der Waals surface area contributed by atoms with Crippen molar-refractivity contribution < 1.29 is 9.47 Å². The molecule has 0 radical (unpaired) electrons. The van der Waals surface area contributed by atoms with Crippen molar-refractivity contribution in [3.63, 3.8) is 0 Å². The summed E-state index contributed by atoms with van der Waals surface area (Å²) in [6.45, 7) is 1.30. The van der Waals surface area contributed by atoms with Crippen molar-refractivity contribution in [2.75, 3.05) is 36.1 Å². The van der Waals surface area contributed by atoms with Gasteiger partial charge in [0.25, 0.3) is 0 Å². The molecular weight excluding hydrogens is 557 g/mol. The molecule has 0 aliphatic heterocycles. The molecule has 7 nitrogen and oxygen atoms in total. The zero-order valence-corrected chi connectivity index (χ0v) is 23.9. The van der Waals surface area contributed by atoms with E-state index < -0.39 is 0 Å². The van der Waals surface area contributed by atoms with Crippen LogP contribution in [0, 0.1) is 0 Å². The van der Waals surface area contributed by atoms with Crippen molar-refractivity contribution in [2.24, 2.45) is 4.99 Å². The minimum Gasteiger partial charge on any atom is -0.497 e. The predicted molar refractivity (Wildman–Crippen MR) is 170 cm³/mol. The largest absolute Gasteiger partial charge is 0.497 e. The molecular formula is C32H29Cl2N5O2. The number of hydrogen-bond acceptors (Lipinski definition) is 5. The molecule has 0 saturated carbocycles. The Hall–Kier alpha value is -4.46. The lowest BCUT2D eigenvalue weighted by atomic mass is 10.2. The maximum Gasteiger partial charge on any atom is 0.200 e. The van der Waals surface area contributed by atoms with E-state index in [0.29, 0.717) is 34.0 Å². The normalized spacial score (nSPS) is 11.2. The van der Waals surface area contributed by atoms with E-state index in [1.54, 1.807) is 13.3 Å². The fourth-order valence-electron chi connectivity index (χ4n) is 4.14. The van der Waals surface area contributed by atoms with Crippen LogP contribution >= 0.6 is 23.2 Å². The average molecular weight is 587 g/mol. The van der Waals surface area contributed by atoms with Gasteiger partial charge in [0.05, 0.1) is 18.3 Å². The summed E-state index contributed by atoms with van der Waals surface area (Å²) in [5.74, 6) is 2.69. The van der Waals surface area contributed by atoms with Crippen LogP contribution in [0.25, 0.3) is 10.9 Å². The first-order valence-corrected chi connectivity index (χ1v) is 13.9. The van der Waals surface area contributed by atoms with Gasteiger partial charge in [0.2, 0.25) is 0 Å². The zero-order valence-electron chi connectivity index (χ0n) is 22.4. The van der Waals surface area contributed by atoms with E-state index in [-0.39, 0.29) is 0 Å². The molecule has 0 spiro atoms. The number of fused-ring (bicyclic) bond motifs is 1. The smallest absolute Gasteiger partial charge is 0.200 e. The second-order valence-corrected chi connectivity index (χ2v) is 9.94. The second kappa shape index (κ2) is 13.7. The van der Waals surface area contributed by atoms with E-state index in [2.05, 4.69) is 20.9 Å². The maximum atomic E-state index is 6.23. The molecule has 0 amide bonds. The van der Waals surface area contributed by atoms with Crippen LogP contribution in [0.1, 0.15) is 6.42 Å². The number of pyridine rings is 1. The van der Waals surface area contributed by atoms with Crippen molar-refractivity contribution in [3.8, 4) is 17.2 Å². The lowest BCUT2D eigenvalue weighted by Crippen LogP contribution is -2.23. The highest BCUT2D eigenvalue weighted by Gasteiger charge is 2.09. The summed E-state index contributed by atoms with van der Waals surface area (Å²) < 4.78 is 11.4. The van der Waals surface area contributed by atoms with Crippen LogP contribution in [0.3, 0.4) is 0 Å². The van der Waals surface area contributed by atoms with Gasteiger partial charge < -0.3 is 25.4 Å². The molecule has 3 N–H and O–H groups in total. The number of guanidine groups is 1. The Bertz CT molecular complexity index is 1640. The third-order valence-corrected chi connectivity index (χ3v) is 6.61. The van der Waals surface area contributed by atoms with E-state index in [1.807, 2.05) is 97.1 Å². The first kappa shape index (κ1) is 28.1. The number of anilines is 3. The number of nitrogens with one attached hydrogen (secondary N) is 3. The molecule has 208 valence electrons. The van der Waals surface area contributed by atoms with Crippen molar-refractivity contribution >= 4 is 57.1 Å². The standard InChI is InChI=1S/C32H29Cl2N5O2/c1-40-25-11-13-26(14-12-25)41-31-9-3-2-8-29(31)39-32(38-24-7-4-6-22(33)20-24)37-18-5-17-35-28-16-19-36-30-21-23(34)10-15-27(28)30/h2-4,6-16,19-21H,5,17-18H2,1H3,(H,35,36)(H2,37,38,39). The van der Waals surface area contributed by atoms with Crippen LogP contribution in [0.15, 0.2) is 108 Å². The molecule has 0 atom stereocenters. The fourth-order valence-corrected chi connectivity index (χ4v) is 4.50. The highest BCUT2D eigenvalue weighted by atomic mass is 35.5. The van der Waals surface area contributed by atoms with Gasteiger partial charge in [0.1, 0.15) is 11.5 Å². The number of halogens is 2. The number of aliphatic imine (C=N–C) groups is 1. The quantitative estimate of drug-likeness (QED) is 0.0863. The summed E-state index contributed by atoms with van der Waals surface area (Å²) in [7, 11) is 1.64. The second-order valence-electron chi connectivity index (χ2n) is 9.06. The topological polar surface area (TPSA) is 79.8 Å². The van der Waals surface area contributed by atoms with Gasteiger partial charge in [-0.05, 0) is 85.3 Å². The van der Waals surface area contributed by atoms with E-state index in [1.165, 1.54) is 0 Å². The number of nitrogens with zero attached hydrogens (tertiary/aromatic N) is 2. The van der Waals surface area contributed by atoms with Gasteiger partial charge in [-0.3, -0.25) is 9.98 Å². The molecule has 0 aliphatic carbocycles. The van der Waals surface area contributed by atoms with Gasteiger partial charge in [-0.2, -0.15) is 0 Å². The van der Waals surface area contributed by atoms with Crippen molar-refractivity contribution in [3.05, 3.63) is 113 Å². The molecule has 0 saturated heterocycles. The van der Waals surface area contributed by atoms with Crippen LogP contribution in [0.5, 0.6) is 17.2 Å². The predicted octanol–water partition coefficient (Wildman–Crippen LogP) is 8.72. The number of rotatable bonds is 10. The number of aromatic nitrogens is 1. The fraction of sp³-hybridized carbons (Fsp3) is 0.125. The SMILES string of the molecule is COc1ccc(Oc2ccccc2NC(=NCCCNc2ccnc3cc(Cl)ccc23)Nc2cccc(Cl)c2)cc1. The number of benzene rings is 4. The summed E-state index contributed by atoms with van der Waals surface area (Å²) >= 11 is 12.4. The number of methoxy groups -OCH3 is 1. The van der Waals surface area contributed by atoms with Gasteiger partial charge in [-0.15, -0.1) is 0 Å². The molecule has 5 rings (SSSR count). The van der Waals surface area contributed by atoms with E-state index in [9.17, 15) is 0 Å². The van der Waals surface area contributed by atoms with E-state index in [0.717, 1.165) is 46.7 Å². The van der Waals surface area contributed by atoms with Crippen molar-refractivity contribution in [1.29, 1.82) is 0 Å². The molecule has 4 aromatic carbocycles. The molecule has 0 fully saturated rings. The van der Waals surface area contributed by atoms with Crippen molar-refractivity contribution in [1.82, 2.24) is 4.98 Å². The molecule has 0 aliphatic rings. The summed E-state index contributed by atoms with van der Waals surface area (Å²) in [6.07, 6.45) is 2.57. The summed E-state index contributed by atoms with van der Waals surface area (Å²) in [5, 5.41) is 12.6. The highest BCUT2D eigenvalue weighted by Crippen LogP contribution is 2.30. The Labute approximate surface area is 249 Å². The first-order chi connectivity index (χ1) is 20.1. The molecule has 41 heavy (non-hydrogen) atoms. The van der Waals surface area contributed by atoms with Gasteiger partial charge in [0, 0.05) is 46.1 Å². The van der Waals surface area contributed by atoms with Crippen LogP contribution in [0.4, 0.5) is 17.1 Å². The van der Waals surface area contributed by atoms with Gasteiger partial charge in [-0.25, -0.2) is 0 Å². The average Bonchev–Trinajstić information content (AvgIpc) is 2.98. The van der Waals surface area contributed by atoms with Gasteiger partial charge >= 0.3 is 0 Å². The van der Waals surface area contributed by atoms with E-state index in [4.69, 9.17) is 37.7 Å². The lowest BCUT2D eigenvalue weighted by Gasteiger charge is -2.16. The summed E-state index contributed by atoms with van der Waals surface area (Å²) in [5.41, 5.74) is 3.44. The monoisotopic (exact) mass is 585 g/mol. The van der Waals surface area contributed by atoms with Gasteiger partial charge in [0.15, 0.2) is 11.7 Å². The van der Waals surface area contributed by atoms with Gasteiger partial charge in [-0.1, -0.05) is 41.4 Å². The third kappa shape index (κ3) is 7.81. The number of para-hydroxylation sites is 2. The molecule has 1 heterocycles. The summed E-state index contributed by atoms with van der Waals surface area (Å²) in [6, 6.07) is 30.3. The minimum absolute atomic E-state index is 0.569. The molecule has 0 unspecified atom stereocenters. The lowest BCUT2D eigenvalue weighted by molar-refractivity contribution is 0.413. The Morgan fingerprint density at radius 2 is 1.61 bits per heavy atom. The van der Waals surface area contributed by atoms with Crippen LogP contribution in [-0.2, 0) is 0 Å². The third-order valence-electron chi connectivity index (χ3n) is 6.14. The number of ether oxygens (including phenoxy) is 2. The van der Waals surface area contributed by atoms with Crippen LogP contribution in [-0.4, -0.2) is 31.1 Å². The Balaban J connectivity index is 1.28. The van der Waals surface area contributed by atoms with E-state index >= 15 is 0 Å². The van der Waals surface area contributed by atoms with Crippen LogP contribution in [0.2, 0.25) is 10.0 Å². The highest BCUT2D eigenvalue weighted by molar-refractivity contribution is 6.31. The minimum atomic E-state index is 0.569. The Morgan fingerprint density at radius 1 is 0.805 bits per heavy atom. The molecule has 5 aromatic rings. The maximum absolute atomic E-state index is 6.23. The van der Waals surface area contributed by atoms with Crippen molar-refractivity contribution in [2.45, 2.75) is 6.42 Å². The zero-order chi connectivity index (χ0) is 28.4. The Kier molecular flexibility index (Phi) is 9.41. The molecule has 9 heteroatoms.